The van der Waals surface area contributed by atoms with E-state index in [9.17, 15) is 9.59 Å². The average Bonchev–Trinajstić information content (AvgIpc) is 2.53. The van der Waals surface area contributed by atoms with Crippen LogP contribution in [0.15, 0.2) is 41.7 Å². The average molecular weight is 317 g/mol. The van der Waals surface area contributed by atoms with Crippen molar-refractivity contribution in [1.29, 1.82) is 0 Å². The van der Waals surface area contributed by atoms with Gasteiger partial charge in [-0.3, -0.25) is 4.79 Å². The summed E-state index contributed by atoms with van der Waals surface area (Å²) in [5.74, 6) is -0.367. The first-order chi connectivity index (χ1) is 10.6. The second-order valence-corrected chi connectivity index (χ2v) is 5.33. The molecule has 114 valence electrons. The largest absolute Gasteiger partial charge is 0.465 e. The van der Waals surface area contributed by atoms with Crippen molar-refractivity contribution in [2.24, 2.45) is 0 Å². The third-order valence-electron chi connectivity index (χ3n) is 2.69. The van der Waals surface area contributed by atoms with Crippen LogP contribution in [0.4, 0.5) is 5.69 Å². The van der Waals surface area contributed by atoms with E-state index < -0.39 is 5.97 Å². The lowest BCUT2D eigenvalue weighted by Gasteiger charge is -2.06. The zero-order valence-electron chi connectivity index (χ0n) is 12.2. The van der Waals surface area contributed by atoms with Gasteiger partial charge in [0.05, 0.1) is 18.4 Å². The normalized spacial score (nSPS) is 10.1. The number of ether oxygens (including phenoxy) is 1. The number of nitrogens with one attached hydrogen (secondary N) is 1. The Balaban J connectivity index is 1.88. The van der Waals surface area contributed by atoms with Gasteiger partial charge in [-0.15, -0.1) is 0 Å². The van der Waals surface area contributed by atoms with E-state index in [0.717, 1.165) is 5.69 Å². The summed E-state index contributed by atoms with van der Waals surface area (Å²) >= 11 is 1.27. The molecule has 2 aromatic rings. The molecule has 0 aliphatic carbocycles. The number of esters is 1. The fourth-order valence-corrected chi connectivity index (χ4v) is 2.31. The quantitative estimate of drug-likeness (QED) is 0.518. The van der Waals surface area contributed by atoms with Gasteiger partial charge in [-0.2, -0.15) is 0 Å². The number of amides is 1. The molecule has 1 aromatic carbocycles. The number of rotatable bonds is 5. The maximum absolute atomic E-state index is 11.9. The number of anilines is 1. The lowest BCUT2D eigenvalue weighted by atomic mass is 10.2. The van der Waals surface area contributed by atoms with E-state index in [1.54, 1.807) is 36.5 Å². The van der Waals surface area contributed by atoms with E-state index >= 15 is 0 Å². The van der Waals surface area contributed by atoms with E-state index in [4.69, 9.17) is 0 Å². The number of carbonyl (C=O) groups excluding carboxylic acids is 2. The molecule has 0 saturated heterocycles. The van der Waals surface area contributed by atoms with Crippen LogP contribution in [-0.2, 0) is 9.53 Å². The van der Waals surface area contributed by atoms with Gasteiger partial charge in [-0.1, -0.05) is 11.8 Å². The molecule has 0 aliphatic heterocycles. The number of methoxy groups -OCH3 is 1. The molecule has 0 unspecified atom stereocenters. The number of nitrogens with zero attached hydrogens (tertiary/aromatic N) is 2. The Morgan fingerprint density at radius 1 is 1.23 bits per heavy atom. The van der Waals surface area contributed by atoms with Gasteiger partial charge in [0.2, 0.25) is 5.91 Å². The van der Waals surface area contributed by atoms with Gasteiger partial charge in [-0.05, 0) is 37.3 Å². The summed E-state index contributed by atoms with van der Waals surface area (Å²) < 4.78 is 4.61. The molecule has 0 aliphatic rings. The van der Waals surface area contributed by atoms with Crippen LogP contribution in [-0.4, -0.2) is 34.7 Å². The van der Waals surface area contributed by atoms with E-state index in [1.165, 1.54) is 18.9 Å². The number of aryl methyl sites for hydroxylation is 1. The molecule has 0 radical (unpaired) electrons. The molecule has 1 aromatic heterocycles. The van der Waals surface area contributed by atoms with Crippen molar-refractivity contribution in [3.8, 4) is 0 Å². The van der Waals surface area contributed by atoms with Crippen molar-refractivity contribution >= 4 is 29.3 Å². The Morgan fingerprint density at radius 2 is 1.95 bits per heavy atom. The summed E-state index contributed by atoms with van der Waals surface area (Å²) in [6, 6.07) is 8.29. The van der Waals surface area contributed by atoms with Crippen LogP contribution in [0.2, 0.25) is 0 Å². The number of thioether (sulfide) groups is 1. The Morgan fingerprint density at radius 3 is 2.59 bits per heavy atom. The first kappa shape index (κ1) is 16.0. The minimum Gasteiger partial charge on any atom is -0.465 e. The van der Waals surface area contributed by atoms with Gasteiger partial charge in [-0.25, -0.2) is 14.8 Å². The van der Waals surface area contributed by atoms with E-state index in [-0.39, 0.29) is 11.7 Å². The van der Waals surface area contributed by atoms with Crippen LogP contribution < -0.4 is 5.32 Å². The highest BCUT2D eigenvalue weighted by molar-refractivity contribution is 7.99. The molecule has 0 saturated carbocycles. The van der Waals surface area contributed by atoms with E-state index in [0.29, 0.717) is 16.4 Å². The third-order valence-corrected chi connectivity index (χ3v) is 3.56. The second kappa shape index (κ2) is 7.56. The molecule has 0 atom stereocenters. The maximum atomic E-state index is 11.9. The van der Waals surface area contributed by atoms with Crippen LogP contribution in [0, 0.1) is 6.92 Å². The van der Waals surface area contributed by atoms with Crippen LogP contribution in [0.1, 0.15) is 16.1 Å². The lowest BCUT2D eigenvalue weighted by Crippen LogP contribution is -2.14. The molecular weight excluding hydrogens is 302 g/mol. The summed E-state index contributed by atoms with van der Waals surface area (Å²) in [6.07, 6.45) is 1.66. The lowest BCUT2D eigenvalue weighted by molar-refractivity contribution is -0.113. The molecule has 0 spiro atoms. The fraction of sp³-hybridized carbons (Fsp3) is 0.200. The number of hydrogen-bond acceptors (Lipinski definition) is 6. The highest BCUT2D eigenvalue weighted by Crippen LogP contribution is 2.14. The monoisotopic (exact) mass is 317 g/mol. The minimum absolute atomic E-state index is 0.166. The molecule has 2 rings (SSSR count). The Bertz CT molecular complexity index is 674. The summed E-state index contributed by atoms with van der Waals surface area (Å²) in [5.41, 5.74) is 1.91. The van der Waals surface area contributed by atoms with Crippen molar-refractivity contribution in [3.63, 3.8) is 0 Å². The van der Waals surface area contributed by atoms with E-state index in [1.807, 2.05) is 6.92 Å². The molecule has 0 bridgehead atoms. The number of benzene rings is 1. The minimum atomic E-state index is -0.412. The predicted octanol–water partition coefficient (Wildman–Crippen LogP) is 2.30. The van der Waals surface area contributed by atoms with Gasteiger partial charge in [0.15, 0.2) is 5.16 Å². The molecule has 1 amide bonds. The summed E-state index contributed by atoms with van der Waals surface area (Å²) in [4.78, 5) is 31.5. The molecule has 7 heteroatoms. The summed E-state index contributed by atoms with van der Waals surface area (Å²) in [7, 11) is 1.32. The Kier molecular flexibility index (Phi) is 5.48. The van der Waals surface area contributed by atoms with Crippen LogP contribution in [0.25, 0.3) is 0 Å². The van der Waals surface area contributed by atoms with Crippen LogP contribution in [0.5, 0.6) is 0 Å². The van der Waals surface area contributed by atoms with E-state index in [2.05, 4.69) is 20.0 Å². The molecule has 1 N–H and O–H groups in total. The maximum Gasteiger partial charge on any atom is 0.337 e. The van der Waals surface area contributed by atoms with Gasteiger partial charge < -0.3 is 10.1 Å². The molecular formula is C15H15N3O3S. The predicted molar refractivity (Wildman–Crippen MR) is 83.9 cm³/mol. The fourth-order valence-electron chi connectivity index (χ4n) is 1.63. The van der Waals surface area contributed by atoms with Crippen molar-refractivity contribution in [3.05, 3.63) is 47.8 Å². The summed E-state index contributed by atoms with van der Waals surface area (Å²) in [6.45, 7) is 1.87. The molecule has 0 fully saturated rings. The zero-order valence-corrected chi connectivity index (χ0v) is 13.0. The zero-order chi connectivity index (χ0) is 15.9. The number of carbonyl (C=O) groups is 2. The van der Waals surface area contributed by atoms with Gasteiger partial charge in [0.1, 0.15) is 0 Å². The molecule has 22 heavy (non-hydrogen) atoms. The van der Waals surface area contributed by atoms with Gasteiger partial charge in [0.25, 0.3) is 0 Å². The van der Waals surface area contributed by atoms with Crippen molar-refractivity contribution < 1.29 is 14.3 Å². The highest BCUT2D eigenvalue weighted by atomic mass is 32.2. The number of aromatic nitrogens is 2. The van der Waals surface area contributed by atoms with Crippen molar-refractivity contribution in [1.82, 2.24) is 9.97 Å². The van der Waals surface area contributed by atoms with Gasteiger partial charge in [0, 0.05) is 17.6 Å². The standard InChI is InChI=1S/C15H15N3O3S/c1-10-7-8-16-15(17-10)22-9-13(19)18-12-5-3-11(4-6-12)14(20)21-2/h3-8H,9H2,1-2H3,(H,18,19). The van der Waals surface area contributed by atoms with Crippen LogP contribution in [0.3, 0.4) is 0 Å². The molecule has 6 nitrogen and oxygen atoms in total. The highest BCUT2D eigenvalue weighted by Gasteiger charge is 2.07. The smallest absolute Gasteiger partial charge is 0.337 e. The first-order valence-corrected chi connectivity index (χ1v) is 7.47. The number of hydrogen-bond donors (Lipinski definition) is 1. The SMILES string of the molecule is COC(=O)c1ccc(NC(=O)CSc2nccc(C)n2)cc1. The van der Waals surface area contributed by atoms with Gasteiger partial charge >= 0.3 is 5.97 Å². The second-order valence-electron chi connectivity index (χ2n) is 4.39. The Labute approximate surface area is 132 Å². The van der Waals surface area contributed by atoms with Crippen LogP contribution >= 0.6 is 11.8 Å². The Hall–Kier alpha value is -2.41. The summed E-state index contributed by atoms with van der Waals surface area (Å²) in [5, 5.41) is 3.31. The van der Waals surface area contributed by atoms with Crippen molar-refractivity contribution in [2.45, 2.75) is 12.1 Å². The molecule has 1 heterocycles. The topological polar surface area (TPSA) is 81.2 Å². The van der Waals surface area contributed by atoms with Crippen molar-refractivity contribution in [2.75, 3.05) is 18.2 Å². The third kappa shape index (κ3) is 4.56. The first-order valence-electron chi connectivity index (χ1n) is 6.49.